The second-order valence-corrected chi connectivity index (χ2v) is 5.26. The molecule has 0 radical (unpaired) electrons. The zero-order chi connectivity index (χ0) is 16.1. The average Bonchev–Trinajstić information content (AvgIpc) is 2.51. The average molecular weight is 335 g/mol. The molecule has 0 saturated carbocycles. The number of benzene rings is 2. The van der Waals surface area contributed by atoms with E-state index < -0.39 is 0 Å². The van der Waals surface area contributed by atoms with E-state index in [0.717, 1.165) is 5.69 Å². The van der Waals surface area contributed by atoms with E-state index >= 15 is 0 Å². The van der Waals surface area contributed by atoms with Crippen molar-refractivity contribution in [2.45, 2.75) is 0 Å². The van der Waals surface area contributed by atoms with E-state index in [9.17, 15) is 4.79 Å². The Labute approximate surface area is 137 Å². The van der Waals surface area contributed by atoms with Crippen LogP contribution in [0.3, 0.4) is 0 Å². The molecule has 5 nitrogen and oxygen atoms in total. The van der Waals surface area contributed by atoms with Crippen molar-refractivity contribution in [2.24, 2.45) is 0 Å². The van der Waals surface area contributed by atoms with E-state index in [1.54, 1.807) is 24.3 Å². The van der Waals surface area contributed by atoms with Crippen LogP contribution in [-0.4, -0.2) is 12.5 Å². The van der Waals surface area contributed by atoms with Gasteiger partial charge in [0.1, 0.15) is 0 Å². The molecule has 1 amide bonds. The molecule has 0 aromatic heterocycles. The summed E-state index contributed by atoms with van der Waals surface area (Å²) in [5.41, 5.74) is 7.67. The predicted molar refractivity (Wildman–Crippen MR) is 89.2 cm³/mol. The van der Waals surface area contributed by atoms with Crippen LogP contribution in [0.5, 0.6) is 0 Å². The zero-order valence-corrected chi connectivity index (χ0v) is 12.9. The molecule has 0 saturated heterocycles. The third-order valence-electron chi connectivity index (χ3n) is 2.83. The first kappa shape index (κ1) is 16.0. The summed E-state index contributed by atoms with van der Waals surface area (Å²) in [5.74, 6) is -0.263. The Morgan fingerprint density at radius 3 is 2.27 bits per heavy atom. The highest BCUT2D eigenvalue weighted by molar-refractivity contribution is 6.39. The summed E-state index contributed by atoms with van der Waals surface area (Å²) in [6.07, 6.45) is 0. The summed E-state index contributed by atoms with van der Waals surface area (Å²) >= 11 is 11.8. The molecule has 2 aromatic carbocycles. The molecule has 7 heteroatoms. The van der Waals surface area contributed by atoms with Gasteiger partial charge in [-0.1, -0.05) is 23.2 Å². The van der Waals surface area contributed by atoms with Crippen LogP contribution in [-0.2, 0) is 4.79 Å². The minimum Gasteiger partial charge on any atom is -0.396 e. The monoisotopic (exact) mass is 334 g/mol. The second-order valence-electron chi connectivity index (χ2n) is 4.44. The molecule has 0 aliphatic rings. The maximum atomic E-state index is 11.9. The summed E-state index contributed by atoms with van der Waals surface area (Å²) in [7, 11) is 0. The highest BCUT2D eigenvalue weighted by Gasteiger charge is 2.08. The van der Waals surface area contributed by atoms with Crippen LogP contribution in [0.2, 0.25) is 10.0 Å². The molecule has 0 atom stereocenters. The van der Waals surface area contributed by atoms with Gasteiger partial charge in [0.15, 0.2) is 0 Å². The van der Waals surface area contributed by atoms with Crippen LogP contribution in [0, 0.1) is 11.3 Å². The van der Waals surface area contributed by atoms with Gasteiger partial charge >= 0.3 is 0 Å². The van der Waals surface area contributed by atoms with Gasteiger partial charge < -0.3 is 16.4 Å². The molecule has 0 spiro atoms. The Bertz CT molecular complexity index is 715. The topological polar surface area (TPSA) is 90.9 Å². The SMILES string of the molecule is N#Cc1ccc(NCC(=O)Nc2cc(Cl)c(N)c(Cl)c2)cc1. The number of nitrogen functional groups attached to an aromatic ring is 1. The van der Waals surface area contributed by atoms with E-state index in [1.165, 1.54) is 12.1 Å². The van der Waals surface area contributed by atoms with Crippen molar-refractivity contribution in [3.8, 4) is 6.07 Å². The molecular formula is C15H12Cl2N4O. The Hall–Kier alpha value is -2.42. The summed E-state index contributed by atoms with van der Waals surface area (Å²) in [6, 6.07) is 11.9. The Balaban J connectivity index is 1.94. The molecule has 0 fully saturated rings. The first-order valence-electron chi connectivity index (χ1n) is 6.28. The number of nitriles is 1. The third-order valence-corrected chi connectivity index (χ3v) is 3.46. The number of nitrogens with one attached hydrogen (secondary N) is 2. The molecule has 0 aliphatic heterocycles. The maximum Gasteiger partial charge on any atom is 0.243 e. The number of hydrogen-bond acceptors (Lipinski definition) is 4. The lowest BCUT2D eigenvalue weighted by molar-refractivity contribution is -0.114. The standard InChI is InChI=1S/C15H12Cl2N4O/c16-12-5-11(6-13(17)15(12)19)21-14(22)8-20-10-3-1-9(7-18)2-4-10/h1-6,20H,8,19H2,(H,21,22). The predicted octanol–water partition coefficient (Wildman–Crippen LogP) is 3.50. The van der Waals surface area contributed by atoms with Crippen molar-refractivity contribution >= 4 is 46.2 Å². The molecule has 22 heavy (non-hydrogen) atoms. The lowest BCUT2D eigenvalue weighted by Gasteiger charge is -2.10. The van der Waals surface area contributed by atoms with Crippen LogP contribution in [0.1, 0.15) is 5.56 Å². The van der Waals surface area contributed by atoms with Crippen molar-refractivity contribution in [2.75, 3.05) is 22.9 Å². The smallest absolute Gasteiger partial charge is 0.243 e. The van der Waals surface area contributed by atoms with Crippen molar-refractivity contribution in [1.82, 2.24) is 0 Å². The van der Waals surface area contributed by atoms with E-state index in [1.807, 2.05) is 6.07 Å². The number of carbonyl (C=O) groups excluding carboxylic acids is 1. The van der Waals surface area contributed by atoms with Gasteiger partial charge in [0.25, 0.3) is 0 Å². The molecule has 0 unspecified atom stereocenters. The molecule has 0 heterocycles. The number of anilines is 3. The van der Waals surface area contributed by atoms with Crippen LogP contribution in [0.25, 0.3) is 0 Å². The number of amides is 1. The minimum absolute atomic E-state index is 0.0610. The molecule has 0 bridgehead atoms. The van der Waals surface area contributed by atoms with Crippen molar-refractivity contribution in [3.05, 3.63) is 52.0 Å². The van der Waals surface area contributed by atoms with Crippen LogP contribution in [0.4, 0.5) is 17.1 Å². The van der Waals surface area contributed by atoms with Gasteiger partial charge in [-0.3, -0.25) is 4.79 Å². The molecule has 0 aliphatic carbocycles. The third kappa shape index (κ3) is 4.04. The quantitative estimate of drug-likeness (QED) is 0.746. The lowest BCUT2D eigenvalue weighted by atomic mass is 10.2. The summed E-state index contributed by atoms with van der Waals surface area (Å²) in [6.45, 7) is 0.0610. The van der Waals surface area contributed by atoms with E-state index in [0.29, 0.717) is 11.3 Å². The van der Waals surface area contributed by atoms with Gasteiger partial charge in [-0.05, 0) is 36.4 Å². The van der Waals surface area contributed by atoms with Crippen LogP contribution >= 0.6 is 23.2 Å². The van der Waals surface area contributed by atoms with Gasteiger partial charge in [0.2, 0.25) is 5.91 Å². The number of rotatable bonds is 4. The Morgan fingerprint density at radius 1 is 1.14 bits per heavy atom. The number of carbonyl (C=O) groups is 1. The molecule has 112 valence electrons. The van der Waals surface area contributed by atoms with Gasteiger partial charge in [-0.25, -0.2) is 0 Å². The maximum absolute atomic E-state index is 11.9. The minimum atomic E-state index is -0.263. The number of hydrogen-bond donors (Lipinski definition) is 3. The van der Waals surface area contributed by atoms with Crippen LogP contribution < -0.4 is 16.4 Å². The Kier molecular flexibility index (Phi) is 5.10. The fraction of sp³-hybridized carbons (Fsp3) is 0.0667. The van der Waals surface area contributed by atoms with E-state index in [4.69, 9.17) is 34.2 Å². The highest BCUT2D eigenvalue weighted by atomic mass is 35.5. The summed E-state index contributed by atoms with van der Waals surface area (Å²) in [5, 5.41) is 14.9. The lowest BCUT2D eigenvalue weighted by Crippen LogP contribution is -2.21. The molecule has 4 N–H and O–H groups in total. The van der Waals surface area contributed by atoms with Gasteiger partial charge in [0, 0.05) is 11.4 Å². The molecular weight excluding hydrogens is 323 g/mol. The molecule has 2 rings (SSSR count). The summed E-state index contributed by atoms with van der Waals surface area (Å²) < 4.78 is 0. The van der Waals surface area contributed by atoms with Crippen molar-refractivity contribution in [1.29, 1.82) is 5.26 Å². The van der Waals surface area contributed by atoms with Gasteiger partial charge in [-0.2, -0.15) is 5.26 Å². The fourth-order valence-corrected chi connectivity index (χ4v) is 2.19. The summed E-state index contributed by atoms with van der Waals surface area (Å²) in [4.78, 5) is 11.9. The zero-order valence-electron chi connectivity index (χ0n) is 11.4. The van der Waals surface area contributed by atoms with Crippen molar-refractivity contribution in [3.63, 3.8) is 0 Å². The molecule has 2 aromatic rings. The van der Waals surface area contributed by atoms with Crippen LogP contribution in [0.15, 0.2) is 36.4 Å². The highest BCUT2D eigenvalue weighted by Crippen LogP contribution is 2.31. The fourth-order valence-electron chi connectivity index (χ4n) is 1.71. The first-order valence-corrected chi connectivity index (χ1v) is 7.03. The van der Waals surface area contributed by atoms with Crippen molar-refractivity contribution < 1.29 is 4.79 Å². The second kappa shape index (κ2) is 7.03. The number of nitrogens with two attached hydrogens (primary N) is 1. The first-order chi connectivity index (χ1) is 10.5. The van der Waals surface area contributed by atoms with Gasteiger partial charge in [0.05, 0.1) is 33.9 Å². The van der Waals surface area contributed by atoms with E-state index in [-0.39, 0.29) is 28.2 Å². The largest absolute Gasteiger partial charge is 0.396 e. The normalized spacial score (nSPS) is 9.86. The number of nitrogens with zero attached hydrogens (tertiary/aromatic N) is 1. The van der Waals surface area contributed by atoms with Gasteiger partial charge in [-0.15, -0.1) is 0 Å². The van der Waals surface area contributed by atoms with E-state index in [2.05, 4.69) is 10.6 Å². The number of halogens is 2. The Morgan fingerprint density at radius 2 is 1.73 bits per heavy atom.